The summed E-state index contributed by atoms with van der Waals surface area (Å²) < 4.78 is 28.1. The molecule has 2 heterocycles. The summed E-state index contributed by atoms with van der Waals surface area (Å²) in [5, 5.41) is 12.2. The molecule has 9 heteroatoms. The van der Waals surface area contributed by atoms with Crippen LogP contribution in [0.25, 0.3) is 0 Å². The van der Waals surface area contributed by atoms with Gasteiger partial charge in [-0.2, -0.15) is 11.3 Å². The fourth-order valence-electron chi connectivity index (χ4n) is 2.95. The summed E-state index contributed by atoms with van der Waals surface area (Å²) in [5.41, 5.74) is 2.57. The smallest absolute Gasteiger partial charge is 0.238 e. The second kappa shape index (κ2) is 9.17. The molecule has 3 N–H and O–H groups in total. The zero-order valence-corrected chi connectivity index (χ0v) is 17.4. The SMILES string of the molecule is COc1ncccc1C(Cc1ccsc1)NC(=O)Cc1ccc(S(N)(=O)=O)cc1. The number of hydrogen-bond donors (Lipinski definition) is 2. The Morgan fingerprint density at radius 3 is 2.59 bits per heavy atom. The number of rotatable bonds is 8. The molecule has 0 spiro atoms. The van der Waals surface area contributed by atoms with Gasteiger partial charge in [0.15, 0.2) is 0 Å². The van der Waals surface area contributed by atoms with Crippen LogP contribution in [0.1, 0.15) is 22.7 Å². The molecule has 0 saturated carbocycles. The van der Waals surface area contributed by atoms with Crippen LogP contribution in [0.15, 0.2) is 64.3 Å². The first-order valence-corrected chi connectivity index (χ1v) is 11.3. The Morgan fingerprint density at radius 2 is 1.97 bits per heavy atom. The van der Waals surface area contributed by atoms with Gasteiger partial charge in [0.2, 0.25) is 21.8 Å². The van der Waals surface area contributed by atoms with E-state index >= 15 is 0 Å². The second-order valence-corrected chi connectivity index (χ2v) is 8.76. The van der Waals surface area contributed by atoms with E-state index in [0.717, 1.165) is 11.1 Å². The van der Waals surface area contributed by atoms with Crippen molar-refractivity contribution in [1.82, 2.24) is 10.3 Å². The molecule has 0 bridgehead atoms. The lowest BCUT2D eigenvalue weighted by Gasteiger charge is -2.20. The molecule has 1 aromatic carbocycles. The molecule has 7 nitrogen and oxygen atoms in total. The van der Waals surface area contributed by atoms with Gasteiger partial charge in [0.1, 0.15) is 0 Å². The van der Waals surface area contributed by atoms with Gasteiger partial charge in [0.05, 0.1) is 24.5 Å². The second-order valence-electron chi connectivity index (χ2n) is 6.42. The molecule has 0 saturated heterocycles. The third kappa shape index (κ3) is 5.63. The number of amides is 1. The molecule has 2 aromatic heterocycles. The van der Waals surface area contributed by atoms with E-state index in [1.165, 1.54) is 12.1 Å². The zero-order valence-electron chi connectivity index (χ0n) is 15.7. The molecule has 1 atom stereocenters. The number of pyridine rings is 1. The van der Waals surface area contributed by atoms with Crippen molar-refractivity contribution in [2.45, 2.75) is 23.8 Å². The van der Waals surface area contributed by atoms with Crippen LogP contribution in [0, 0.1) is 0 Å². The predicted octanol–water partition coefficient (Wildman–Crippen LogP) is 2.44. The van der Waals surface area contributed by atoms with Crippen LogP contribution < -0.4 is 15.2 Å². The average Bonchev–Trinajstić information content (AvgIpc) is 3.20. The maximum atomic E-state index is 12.7. The highest BCUT2D eigenvalue weighted by Crippen LogP contribution is 2.26. The van der Waals surface area contributed by atoms with E-state index < -0.39 is 10.0 Å². The monoisotopic (exact) mass is 431 g/mol. The highest BCUT2D eigenvalue weighted by molar-refractivity contribution is 7.89. The molecule has 0 aliphatic rings. The Balaban J connectivity index is 1.77. The number of hydrogen-bond acceptors (Lipinski definition) is 6. The van der Waals surface area contributed by atoms with Crippen molar-refractivity contribution in [2.24, 2.45) is 5.14 Å². The highest BCUT2D eigenvalue weighted by Gasteiger charge is 2.20. The van der Waals surface area contributed by atoms with Crippen molar-refractivity contribution in [2.75, 3.05) is 7.11 Å². The molecule has 0 aliphatic heterocycles. The normalized spacial score (nSPS) is 12.3. The Kier molecular flexibility index (Phi) is 6.63. The number of thiophene rings is 1. The number of carbonyl (C=O) groups excluding carboxylic acids is 1. The standard InChI is InChI=1S/C20H21N3O4S2/c1-27-20-17(3-2-9-22-20)18(11-15-8-10-28-13-15)23-19(24)12-14-4-6-16(7-5-14)29(21,25)26/h2-10,13,18H,11-12H2,1H3,(H,23,24)(H2,21,25,26). The minimum absolute atomic E-state index is 0.0112. The summed E-state index contributed by atoms with van der Waals surface area (Å²) in [5.74, 6) is 0.269. The Morgan fingerprint density at radius 1 is 1.21 bits per heavy atom. The number of aromatic nitrogens is 1. The average molecular weight is 432 g/mol. The molecular formula is C20H21N3O4S2. The number of nitrogens with zero attached hydrogens (tertiary/aromatic N) is 1. The van der Waals surface area contributed by atoms with Crippen molar-refractivity contribution >= 4 is 27.3 Å². The van der Waals surface area contributed by atoms with Crippen LogP contribution in [-0.4, -0.2) is 26.4 Å². The van der Waals surface area contributed by atoms with Crippen LogP contribution in [0.5, 0.6) is 5.88 Å². The lowest BCUT2D eigenvalue weighted by atomic mass is 10.0. The van der Waals surface area contributed by atoms with Gasteiger partial charge in [-0.25, -0.2) is 18.5 Å². The molecule has 3 rings (SSSR count). The summed E-state index contributed by atoms with van der Waals surface area (Å²) in [6, 6.07) is 11.3. The third-order valence-electron chi connectivity index (χ3n) is 4.34. The zero-order chi connectivity index (χ0) is 20.9. The third-order valence-corrected chi connectivity index (χ3v) is 6.00. The van der Waals surface area contributed by atoms with Crippen LogP contribution in [0.4, 0.5) is 0 Å². The molecule has 152 valence electrons. The minimum atomic E-state index is -3.76. The largest absolute Gasteiger partial charge is 0.481 e. The van der Waals surface area contributed by atoms with Crippen molar-refractivity contribution < 1.29 is 17.9 Å². The van der Waals surface area contributed by atoms with Crippen molar-refractivity contribution in [3.63, 3.8) is 0 Å². The van der Waals surface area contributed by atoms with Gasteiger partial charge in [0.25, 0.3) is 0 Å². The van der Waals surface area contributed by atoms with E-state index in [9.17, 15) is 13.2 Å². The van der Waals surface area contributed by atoms with E-state index in [4.69, 9.17) is 9.88 Å². The minimum Gasteiger partial charge on any atom is -0.481 e. The Bertz CT molecular complexity index is 1070. The van der Waals surface area contributed by atoms with Gasteiger partial charge in [-0.15, -0.1) is 0 Å². The van der Waals surface area contributed by atoms with E-state index in [0.29, 0.717) is 17.9 Å². The number of nitrogens with one attached hydrogen (secondary N) is 1. The van der Waals surface area contributed by atoms with Crippen LogP contribution in [-0.2, 0) is 27.7 Å². The van der Waals surface area contributed by atoms with Gasteiger partial charge in [-0.1, -0.05) is 18.2 Å². The maximum Gasteiger partial charge on any atom is 0.238 e. The fourth-order valence-corrected chi connectivity index (χ4v) is 4.15. The van der Waals surface area contributed by atoms with Crippen molar-refractivity contribution in [1.29, 1.82) is 0 Å². The molecule has 0 fully saturated rings. The molecule has 1 unspecified atom stereocenters. The number of ether oxygens (including phenoxy) is 1. The summed E-state index contributed by atoms with van der Waals surface area (Å²) in [4.78, 5) is 16.9. The molecule has 3 aromatic rings. The number of primary sulfonamides is 1. The number of carbonyl (C=O) groups is 1. The highest BCUT2D eigenvalue weighted by atomic mass is 32.2. The van der Waals surface area contributed by atoms with E-state index in [1.807, 2.05) is 22.9 Å². The lowest BCUT2D eigenvalue weighted by Crippen LogP contribution is -2.31. The first kappa shape index (κ1) is 21.0. The van der Waals surface area contributed by atoms with E-state index in [2.05, 4.69) is 10.3 Å². The number of nitrogens with two attached hydrogens (primary N) is 1. The molecule has 0 radical (unpaired) electrons. The van der Waals surface area contributed by atoms with Gasteiger partial charge in [-0.3, -0.25) is 4.79 Å². The van der Waals surface area contributed by atoms with Gasteiger partial charge < -0.3 is 10.1 Å². The van der Waals surface area contributed by atoms with Crippen molar-refractivity contribution in [3.8, 4) is 5.88 Å². The maximum absolute atomic E-state index is 12.7. The number of benzene rings is 1. The van der Waals surface area contributed by atoms with Crippen LogP contribution in [0.3, 0.4) is 0 Å². The Labute approximate surface area is 173 Å². The molecular weight excluding hydrogens is 410 g/mol. The molecule has 29 heavy (non-hydrogen) atoms. The van der Waals surface area contributed by atoms with E-state index in [-0.39, 0.29) is 23.3 Å². The van der Waals surface area contributed by atoms with E-state index in [1.54, 1.807) is 42.8 Å². The number of methoxy groups -OCH3 is 1. The molecule has 1 amide bonds. The first-order chi connectivity index (χ1) is 13.9. The Hall–Kier alpha value is -2.75. The predicted molar refractivity (Wildman–Crippen MR) is 111 cm³/mol. The van der Waals surface area contributed by atoms with Crippen LogP contribution in [0.2, 0.25) is 0 Å². The summed E-state index contributed by atoms with van der Waals surface area (Å²) in [6.45, 7) is 0. The summed E-state index contributed by atoms with van der Waals surface area (Å²) in [7, 11) is -2.22. The van der Waals surface area contributed by atoms with Gasteiger partial charge in [-0.05, 0) is 52.6 Å². The first-order valence-electron chi connectivity index (χ1n) is 8.78. The quantitative estimate of drug-likeness (QED) is 0.569. The lowest BCUT2D eigenvalue weighted by molar-refractivity contribution is -0.121. The number of sulfonamides is 1. The summed E-state index contributed by atoms with van der Waals surface area (Å²) >= 11 is 1.59. The van der Waals surface area contributed by atoms with Crippen LogP contribution >= 0.6 is 11.3 Å². The fraction of sp³-hybridized carbons (Fsp3) is 0.200. The molecule has 0 aliphatic carbocycles. The van der Waals surface area contributed by atoms with Gasteiger partial charge in [0, 0.05) is 11.8 Å². The van der Waals surface area contributed by atoms with Gasteiger partial charge >= 0.3 is 0 Å². The topological polar surface area (TPSA) is 111 Å². The summed E-state index contributed by atoms with van der Waals surface area (Å²) in [6.07, 6.45) is 2.34. The van der Waals surface area contributed by atoms with Crippen molar-refractivity contribution in [3.05, 3.63) is 76.1 Å².